The highest BCUT2D eigenvalue weighted by Gasteiger charge is 2.17. The highest BCUT2D eigenvalue weighted by Crippen LogP contribution is 1.75. The molecule has 3 nitrogen and oxygen atoms in total. The molecule has 0 N–H and O–H groups in total. The monoisotopic (exact) mass is 132 g/mol. The van der Waals surface area contributed by atoms with Crippen LogP contribution in [0.25, 0.3) is 0 Å². The van der Waals surface area contributed by atoms with Crippen LogP contribution in [0.1, 0.15) is 0 Å². The maximum atomic E-state index is 10.6. The molecule has 0 saturated heterocycles. The predicted molar refractivity (Wildman–Crippen MR) is 33.9 cm³/mol. The van der Waals surface area contributed by atoms with Crippen LogP contribution < -0.4 is 15.7 Å². The van der Waals surface area contributed by atoms with Crippen molar-refractivity contribution in [3.05, 3.63) is 35.0 Å². The Balaban J connectivity index is 2.96. The molecule has 0 fully saturated rings. The van der Waals surface area contributed by atoms with Crippen LogP contribution in [0.4, 0.5) is 4.79 Å². The Morgan fingerprint density at radius 3 is 2.90 bits per heavy atom. The van der Waals surface area contributed by atoms with E-state index in [1.807, 2.05) is 12.1 Å². The fraction of sp³-hybridized carbons (Fsp3) is 0. The SMILES string of the molecule is O=C1N=c2ccccc2=[N+]1. The number of carbonyl (C=O) groups is 1. The Bertz CT molecular complexity index is 357. The molecule has 1 heterocycles. The number of para-hydroxylation sites is 2. The number of hydrogen-bond acceptors (Lipinski definition) is 1. The van der Waals surface area contributed by atoms with E-state index in [4.69, 9.17) is 0 Å². The molecular formula is C7H4N2O+. The molecule has 0 bridgehead atoms. The lowest BCUT2D eigenvalue weighted by Gasteiger charge is -1.68. The van der Waals surface area contributed by atoms with Gasteiger partial charge in [0.15, 0.2) is 0 Å². The molecule has 0 aliphatic carbocycles. The van der Waals surface area contributed by atoms with E-state index in [2.05, 4.69) is 9.98 Å². The molecule has 1 aliphatic rings. The van der Waals surface area contributed by atoms with Gasteiger partial charge >= 0.3 is 6.03 Å². The number of hydrogen-bond donors (Lipinski definition) is 0. The molecule has 1 aliphatic heterocycles. The van der Waals surface area contributed by atoms with Gasteiger partial charge in [0.05, 0.1) is 0 Å². The molecule has 0 spiro atoms. The van der Waals surface area contributed by atoms with Gasteiger partial charge in [0, 0.05) is 9.98 Å². The zero-order valence-electron chi connectivity index (χ0n) is 5.11. The quantitative estimate of drug-likeness (QED) is 0.464. The summed E-state index contributed by atoms with van der Waals surface area (Å²) in [5.74, 6) is 0. The van der Waals surface area contributed by atoms with Crippen molar-refractivity contribution in [2.24, 2.45) is 4.99 Å². The van der Waals surface area contributed by atoms with Gasteiger partial charge in [0.25, 0.3) is 0 Å². The molecule has 2 amide bonds. The van der Waals surface area contributed by atoms with Crippen molar-refractivity contribution in [2.75, 3.05) is 0 Å². The Morgan fingerprint density at radius 1 is 1.30 bits per heavy atom. The van der Waals surface area contributed by atoms with Crippen molar-refractivity contribution in [3.63, 3.8) is 0 Å². The average Bonchev–Trinajstić information content (AvgIpc) is 2.27. The van der Waals surface area contributed by atoms with E-state index in [0.29, 0.717) is 10.7 Å². The Kier molecular flexibility index (Phi) is 0.917. The number of carbonyl (C=O) groups excluding carboxylic acids is 1. The highest BCUT2D eigenvalue weighted by molar-refractivity contribution is 5.74. The molecule has 10 heavy (non-hydrogen) atoms. The van der Waals surface area contributed by atoms with Crippen LogP contribution in [0.3, 0.4) is 0 Å². The summed E-state index contributed by atoms with van der Waals surface area (Å²) < 4.78 is 0. The van der Waals surface area contributed by atoms with Crippen LogP contribution >= 0.6 is 0 Å². The third-order valence-corrected chi connectivity index (χ3v) is 1.31. The molecule has 0 saturated carbocycles. The van der Waals surface area contributed by atoms with Crippen molar-refractivity contribution in [1.29, 1.82) is 0 Å². The van der Waals surface area contributed by atoms with Crippen LogP contribution in [0.15, 0.2) is 29.3 Å². The van der Waals surface area contributed by atoms with Crippen molar-refractivity contribution >= 4 is 6.03 Å². The fourth-order valence-corrected chi connectivity index (χ4v) is 0.884. The van der Waals surface area contributed by atoms with Crippen LogP contribution in [0.2, 0.25) is 0 Å². The second kappa shape index (κ2) is 1.73. The van der Waals surface area contributed by atoms with E-state index in [1.54, 1.807) is 12.1 Å². The lowest BCUT2D eigenvalue weighted by molar-refractivity contribution is 0.254. The first-order chi connectivity index (χ1) is 4.86. The third-order valence-electron chi connectivity index (χ3n) is 1.31. The van der Waals surface area contributed by atoms with E-state index < -0.39 is 6.03 Å². The van der Waals surface area contributed by atoms with Gasteiger partial charge in [-0.2, -0.15) is 4.79 Å². The Hall–Kier alpha value is -1.51. The largest absolute Gasteiger partial charge is 0.583 e. The summed E-state index contributed by atoms with van der Waals surface area (Å²) in [6.07, 6.45) is 0. The van der Waals surface area contributed by atoms with E-state index in [1.165, 1.54) is 0 Å². The molecule has 2 rings (SSSR count). The summed E-state index contributed by atoms with van der Waals surface area (Å²) in [5, 5.41) is 1.35. The van der Waals surface area contributed by atoms with Crippen LogP contribution in [0.5, 0.6) is 0 Å². The smallest absolute Gasteiger partial charge is 0.190 e. The minimum absolute atomic E-state index is 0.402. The van der Waals surface area contributed by atoms with Crippen molar-refractivity contribution < 1.29 is 4.79 Å². The number of amides is 2. The average molecular weight is 132 g/mol. The number of rotatable bonds is 0. The first-order valence-corrected chi connectivity index (χ1v) is 2.93. The second-order valence-electron chi connectivity index (χ2n) is 1.99. The van der Waals surface area contributed by atoms with E-state index in [0.717, 1.165) is 0 Å². The number of fused-ring (bicyclic) bond motifs is 1. The summed E-state index contributed by atoms with van der Waals surface area (Å²) >= 11 is 0. The summed E-state index contributed by atoms with van der Waals surface area (Å²) in [6.45, 7) is 0. The molecule has 1 aromatic rings. The zero-order chi connectivity index (χ0) is 6.97. The van der Waals surface area contributed by atoms with Gasteiger partial charge in [0.1, 0.15) is 0 Å². The van der Waals surface area contributed by atoms with Gasteiger partial charge in [0.2, 0.25) is 10.7 Å². The lowest BCUT2D eigenvalue weighted by Crippen LogP contribution is -2.23. The maximum Gasteiger partial charge on any atom is 0.583 e. The van der Waals surface area contributed by atoms with Gasteiger partial charge in [-0.25, -0.2) is 0 Å². The summed E-state index contributed by atoms with van der Waals surface area (Å²) in [6, 6.07) is 6.79. The Morgan fingerprint density at radius 2 is 2.10 bits per heavy atom. The summed E-state index contributed by atoms with van der Waals surface area (Å²) in [7, 11) is 0. The molecule has 1 aromatic carbocycles. The van der Waals surface area contributed by atoms with Crippen molar-refractivity contribution in [2.45, 2.75) is 0 Å². The van der Waals surface area contributed by atoms with Crippen LogP contribution in [-0.4, -0.2) is 6.03 Å². The molecule has 0 unspecified atom stereocenters. The zero-order valence-corrected chi connectivity index (χ0v) is 5.11. The van der Waals surface area contributed by atoms with Crippen LogP contribution in [-0.2, 0) is 0 Å². The maximum absolute atomic E-state index is 10.6. The predicted octanol–water partition coefficient (Wildman–Crippen LogP) is -0.605. The summed E-state index contributed by atoms with van der Waals surface area (Å²) in [5.41, 5.74) is 0. The topological polar surface area (TPSA) is 43.5 Å². The van der Waals surface area contributed by atoms with Gasteiger partial charge in [-0.1, -0.05) is 12.1 Å². The minimum atomic E-state index is -0.402. The van der Waals surface area contributed by atoms with E-state index in [9.17, 15) is 4.79 Å². The molecule has 0 aromatic heterocycles. The van der Waals surface area contributed by atoms with Gasteiger partial charge in [-0.05, 0) is 12.1 Å². The number of urea groups is 1. The lowest BCUT2D eigenvalue weighted by atomic mass is 10.3. The first-order valence-electron chi connectivity index (χ1n) is 2.93. The normalized spacial score (nSPS) is 13.8. The minimum Gasteiger partial charge on any atom is -0.190 e. The molecule has 47 valence electrons. The van der Waals surface area contributed by atoms with Gasteiger partial charge in [-0.15, -0.1) is 0 Å². The Labute approximate surface area is 56.7 Å². The van der Waals surface area contributed by atoms with Crippen molar-refractivity contribution in [3.8, 4) is 0 Å². The fourth-order valence-electron chi connectivity index (χ4n) is 0.884. The van der Waals surface area contributed by atoms with E-state index in [-0.39, 0.29) is 0 Å². The molecule has 0 atom stereocenters. The van der Waals surface area contributed by atoms with Gasteiger partial charge in [-0.3, -0.25) is 0 Å². The molecular weight excluding hydrogens is 128 g/mol. The number of benzene rings is 1. The molecule has 3 heteroatoms. The first kappa shape index (κ1) is 5.29. The van der Waals surface area contributed by atoms with Crippen molar-refractivity contribution in [1.82, 2.24) is 4.99 Å². The van der Waals surface area contributed by atoms with Gasteiger partial charge < -0.3 is 0 Å². The standard InChI is InChI=1S/C7H4N2O/c10-7-8-5-3-1-2-4-6(5)9-7/h1-4H/q+1. The summed E-state index contributed by atoms with van der Waals surface area (Å²) in [4.78, 5) is 17.9. The number of nitrogens with zero attached hydrogens (tertiary/aromatic N) is 2. The van der Waals surface area contributed by atoms with Crippen LogP contribution in [0, 0.1) is 0 Å². The van der Waals surface area contributed by atoms with E-state index >= 15 is 0 Å². The second-order valence-corrected chi connectivity index (χ2v) is 1.99. The highest BCUT2D eigenvalue weighted by atomic mass is 16.2. The molecule has 1 radical (unpaired) electrons. The third kappa shape index (κ3) is 0.639.